The second-order valence-corrected chi connectivity index (χ2v) is 8.41. The van der Waals surface area contributed by atoms with E-state index in [2.05, 4.69) is 15.5 Å². The lowest BCUT2D eigenvalue weighted by molar-refractivity contribution is -0.137. The number of aromatic nitrogens is 4. The molecule has 0 fully saturated rings. The SMILES string of the molecule is CC(=N)/C=C(\Nc1cccc(C(F)(F)F)c1)c1nn(-c2ccc(-c3cnn(C(F)F)c3)cc2C)ccc1=O. The predicted octanol–water partition coefficient (Wildman–Crippen LogP) is 6.31. The normalized spacial score (nSPS) is 12.2. The number of aryl methyl sites for hydroxylation is 1. The fourth-order valence-corrected chi connectivity index (χ4v) is 3.72. The number of allylic oxidation sites excluding steroid dienone is 1. The molecule has 2 heterocycles. The van der Waals surface area contributed by atoms with Crippen molar-refractivity contribution in [1.82, 2.24) is 19.6 Å². The van der Waals surface area contributed by atoms with Crippen molar-refractivity contribution in [2.45, 2.75) is 26.6 Å². The Morgan fingerprint density at radius 3 is 2.50 bits per heavy atom. The monoisotopic (exact) mass is 528 g/mol. The Balaban J connectivity index is 1.71. The number of hydrogen-bond donors (Lipinski definition) is 2. The zero-order valence-electron chi connectivity index (χ0n) is 20.1. The summed E-state index contributed by atoms with van der Waals surface area (Å²) in [5, 5.41) is 18.7. The first-order valence-electron chi connectivity index (χ1n) is 11.2. The third-order valence-corrected chi connectivity index (χ3v) is 5.47. The molecule has 0 bridgehead atoms. The van der Waals surface area contributed by atoms with Gasteiger partial charge in [0.05, 0.1) is 23.1 Å². The van der Waals surface area contributed by atoms with Gasteiger partial charge >= 0.3 is 12.7 Å². The Kier molecular flexibility index (Phi) is 7.24. The summed E-state index contributed by atoms with van der Waals surface area (Å²) in [4.78, 5) is 12.7. The van der Waals surface area contributed by atoms with Crippen LogP contribution in [0, 0.1) is 12.3 Å². The molecule has 7 nitrogen and oxygen atoms in total. The highest BCUT2D eigenvalue weighted by molar-refractivity contribution is 5.98. The van der Waals surface area contributed by atoms with Crippen molar-refractivity contribution in [1.29, 1.82) is 5.41 Å². The molecular weight excluding hydrogens is 507 g/mol. The Morgan fingerprint density at radius 1 is 1.11 bits per heavy atom. The highest BCUT2D eigenvalue weighted by Crippen LogP contribution is 2.31. The summed E-state index contributed by atoms with van der Waals surface area (Å²) in [5.41, 5.74) is 1.06. The molecule has 0 aliphatic heterocycles. The minimum Gasteiger partial charge on any atom is -0.354 e. The van der Waals surface area contributed by atoms with Gasteiger partial charge in [0.15, 0.2) is 5.69 Å². The Hall–Kier alpha value is -4.61. The van der Waals surface area contributed by atoms with Gasteiger partial charge in [-0.05, 0) is 61.4 Å². The van der Waals surface area contributed by atoms with Crippen LogP contribution in [-0.2, 0) is 6.18 Å². The van der Waals surface area contributed by atoms with E-state index in [1.807, 2.05) is 0 Å². The van der Waals surface area contributed by atoms with Gasteiger partial charge in [-0.25, -0.2) is 9.36 Å². The summed E-state index contributed by atoms with van der Waals surface area (Å²) < 4.78 is 67.2. The van der Waals surface area contributed by atoms with E-state index in [0.717, 1.165) is 12.1 Å². The minimum absolute atomic E-state index is 0.0426. The zero-order chi connectivity index (χ0) is 27.6. The van der Waals surface area contributed by atoms with E-state index in [1.165, 1.54) is 54.5 Å². The average molecular weight is 528 g/mol. The van der Waals surface area contributed by atoms with Gasteiger partial charge in [-0.3, -0.25) is 4.79 Å². The lowest BCUT2D eigenvalue weighted by Gasteiger charge is -2.15. The second-order valence-electron chi connectivity index (χ2n) is 8.41. The largest absolute Gasteiger partial charge is 0.416 e. The molecule has 4 rings (SSSR count). The summed E-state index contributed by atoms with van der Waals surface area (Å²) in [5.74, 6) is 0. The molecule has 0 spiro atoms. The molecule has 38 heavy (non-hydrogen) atoms. The predicted molar refractivity (Wildman–Crippen MR) is 133 cm³/mol. The van der Waals surface area contributed by atoms with E-state index in [9.17, 15) is 26.7 Å². The fraction of sp³-hybridized carbons (Fsp3) is 0.154. The van der Waals surface area contributed by atoms with Crippen LogP contribution in [0.15, 0.2) is 78.0 Å². The third kappa shape index (κ3) is 5.85. The molecule has 0 atom stereocenters. The van der Waals surface area contributed by atoms with Crippen molar-refractivity contribution in [3.63, 3.8) is 0 Å². The van der Waals surface area contributed by atoms with E-state index in [1.54, 1.807) is 25.1 Å². The van der Waals surface area contributed by atoms with E-state index in [-0.39, 0.29) is 22.8 Å². The topological polar surface area (TPSA) is 88.6 Å². The quantitative estimate of drug-likeness (QED) is 0.217. The van der Waals surface area contributed by atoms with E-state index in [4.69, 9.17) is 5.41 Å². The number of nitrogens with one attached hydrogen (secondary N) is 2. The molecule has 0 radical (unpaired) electrons. The summed E-state index contributed by atoms with van der Waals surface area (Å²) in [6.07, 6.45) is 0.725. The average Bonchev–Trinajstić information content (AvgIpc) is 3.34. The molecule has 2 N–H and O–H groups in total. The molecule has 0 amide bonds. The molecule has 0 aliphatic carbocycles. The Bertz CT molecular complexity index is 1590. The zero-order valence-corrected chi connectivity index (χ0v) is 20.1. The van der Waals surface area contributed by atoms with Gasteiger partial charge in [0, 0.05) is 35.4 Å². The van der Waals surface area contributed by atoms with Gasteiger partial charge in [0.1, 0.15) is 0 Å². The molecule has 196 valence electrons. The van der Waals surface area contributed by atoms with Crippen LogP contribution < -0.4 is 10.7 Å². The highest BCUT2D eigenvalue weighted by atomic mass is 19.4. The lowest BCUT2D eigenvalue weighted by atomic mass is 10.1. The van der Waals surface area contributed by atoms with E-state index < -0.39 is 23.7 Å². The smallest absolute Gasteiger partial charge is 0.354 e. The van der Waals surface area contributed by atoms with Crippen molar-refractivity contribution in [2.24, 2.45) is 0 Å². The van der Waals surface area contributed by atoms with Crippen molar-refractivity contribution >= 4 is 17.1 Å². The van der Waals surface area contributed by atoms with Gasteiger partial charge in [-0.1, -0.05) is 12.1 Å². The summed E-state index contributed by atoms with van der Waals surface area (Å²) in [6.45, 7) is 0.466. The molecule has 2 aromatic carbocycles. The van der Waals surface area contributed by atoms with Crippen LogP contribution in [0.1, 0.15) is 30.3 Å². The molecule has 2 aromatic heterocycles. The van der Waals surface area contributed by atoms with Crippen LogP contribution in [0.5, 0.6) is 0 Å². The van der Waals surface area contributed by atoms with Crippen LogP contribution in [0.3, 0.4) is 0 Å². The first kappa shape index (κ1) is 26.5. The molecular formula is C26H21F5N6O. The van der Waals surface area contributed by atoms with Crippen LogP contribution in [0.25, 0.3) is 22.5 Å². The van der Waals surface area contributed by atoms with Gasteiger partial charge < -0.3 is 10.7 Å². The first-order valence-corrected chi connectivity index (χ1v) is 11.2. The lowest BCUT2D eigenvalue weighted by Crippen LogP contribution is -2.19. The van der Waals surface area contributed by atoms with Crippen LogP contribution >= 0.6 is 0 Å². The fourth-order valence-electron chi connectivity index (χ4n) is 3.72. The van der Waals surface area contributed by atoms with E-state index >= 15 is 0 Å². The van der Waals surface area contributed by atoms with Crippen molar-refractivity contribution in [3.8, 4) is 16.8 Å². The highest BCUT2D eigenvalue weighted by Gasteiger charge is 2.30. The van der Waals surface area contributed by atoms with Crippen LogP contribution in [0.2, 0.25) is 0 Å². The summed E-state index contributed by atoms with van der Waals surface area (Å²) in [6, 6.07) is 10.8. The second kappa shape index (κ2) is 10.4. The molecule has 4 aromatic rings. The van der Waals surface area contributed by atoms with Gasteiger partial charge in [-0.15, -0.1) is 0 Å². The van der Waals surface area contributed by atoms with Crippen LogP contribution in [-0.4, -0.2) is 25.3 Å². The maximum atomic E-state index is 13.2. The van der Waals surface area contributed by atoms with Crippen molar-refractivity contribution in [2.75, 3.05) is 5.32 Å². The van der Waals surface area contributed by atoms with Crippen molar-refractivity contribution in [3.05, 3.63) is 100 Å². The number of benzene rings is 2. The Morgan fingerprint density at radius 2 is 1.87 bits per heavy atom. The molecule has 0 unspecified atom stereocenters. The number of nitrogens with zero attached hydrogens (tertiary/aromatic N) is 4. The van der Waals surface area contributed by atoms with Crippen LogP contribution in [0.4, 0.5) is 27.6 Å². The number of halogens is 5. The summed E-state index contributed by atoms with van der Waals surface area (Å²) >= 11 is 0. The maximum absolute atomic E-state index is 13.2. The molecule has 0 aliphatic rings. The molecule has 12 heteroatoms. The van der Waals surface area contributed by atoms with Gasteiger partial charge in [0.25, 0.3) is 0 Å². The standard InChI is InChI=1S/C26H21F5N6O/c1-15-10-17(18-13-33-37(14-18)25(27)28)6-7-22(15)36-9-8-23(38)24(35-36)21(11-16(2)32)34-20-5-3-4-19(12-20)26(29,30)31/h3-14,25,32,34H,1-2H3/b21-11-,32-16?. The third-order valence-electron chi connectivity index (χ3n) is 5.47. The van der Waals surface area contributed by atoms with E-state index in [0.29, 0.717) is 27.1 Å². The number of anilines is 1. The number of alkyl halides is 5. The Labute approximate surface area is 213 Å². The maximum Gasteiger partial charge on any atom is 0.416 e. The molecule has 0 saturated heterocycles. The molecule has 0 saturated carbocycles. The van der Waals surface area contributed by atoms with Gasteiger partial charge in [-0.2, -0.15) is 32.1 Å². The summed E-state index contributed by atoms with van der Waals surface area (Å²) in [7, 11) is 0. The minimum atomic E-state index is -4.56. The van der Waals surface area contributed by atoms with Crippen molar-refractivity contribution < 1.29 is 22.0 Å². The first-order chi connectivity index (χ1) is 17.9. The van der Waals surface area contributed by atoms with Gasteiger partial charge in [0.2, 0.25) is 5.43 Å². The number of rotatable bonds is 7. The number of hydrogen-bond acceptors (Lipinski definition) is 5.